The first-order chi connectivity index (χ1) is 11.5. The van der Waals surface area contributed by atoms with E-state index in [1.54, 1.807) is 24.3 Å². The highest BCUT2D eigenvalue weighted by molar-refractivity contribution is 9.10. The lowest BCUT2D eigenvalue weighted by Gasteiger charge is -2.11. The fraction of sp³-hybridized carbons (Fsp3) is 0.176. The topological polar surface area (TPSA) is 50.4 Å². The number of nitrogens with one attached hydrogen (secondary N) is 2. The molecule has 0 saturated carbocycles. The molecular formula is C17H16BrClN2O2S. The molecule has 0 radical (unpaired) electrons. The molecule has 0 atom stereocenters. The van der Waals surface area contributed by atoms with E-state index >= 15 is 0 Å². The molecule has 126 valence electrons. The van der Waals surface area contributed by atoms with E-state index in [-0.39, 0.29) is 17.6 Å². The number of carbonyl (C=O) groups excluding carboxylic acids is 1. The van der Waals surface area contributed by atoms with Gasteiger partial charge in [0.2, 0.25) is 0 Å². The Hall–Kier alpha value is -1.63. The number of rotatable bonds is 5. The fourth-order valence-corrected chi connectivity index (χ4v) is 2.88. The lowest BCUT2D eigenvalue weighted by molar-refractivity contribution is -0.121. The average molecular weight is 428 g/mol. The first-order valence-electron chi connectivity index (χ1n) is 7.25. The molecule has 1 amide bonds. The van der Waals surface area contributed by atoms with Crippen molar-refractivity contribution in [3.63, 3.8) is 0 Å². The van der Waals surface area contributed by atoms with Gasteiger partial charge in [0.05, 0.1) is 4.47 Å². The molecule has 4 nitrogen and oxygen atoms in total. The monoisotopic (exact) mass is 426 g/mol. The Bertz CT molecular complexity index is 755. The Labute approximate surface area is 159 Å². The number of hydrogen-bond donors (Lipinski definition) is 2. The van der Waals surface area contributed by atoms with Gasteiger partial charge in [-0.1, -0.05) is 30.7 Å². The first-order valence-corrected chi connectivity index (χ1v) is 8.83. The molecule has 24 heavy (non-hydrogen) atoms. The molecule has 2 aromatic rings. The van der Waals surface area contributed by atoms with Crippen LogP contribution in [0.3, 0.4) is 0 Å². The molecule has 0 unspecified atom stereocenters. The third-order valence-corrected chi connectivity index (χ3v) is 4.16. The highest BCUT2D eigenvalue weighted by Crippen LogP contribution is 2.26. The molecule has 0 aliphatic rings. The first kappa shape index (κ1) is 18.7. The predicted octanol–water partition coefficient (Wildman–Crippen LogP) is 4.56. The Kier molecular flexibility index (Phi) is 7.02. The summed E-state index contributed by atoms with van der Waals surface area (Å²) in [6.45, 7) is 1.94. The second kappa shape index (κ2) is 9.01. The van der Waals surface area contributed by atoms with Crippen LogP contribution in [0.5, 0.6) is 5.75 Å². The van der Waals surface area contributed by atoms with E-state index in [2.05, 4.69) is 33.5 Å². The van der Waals surface area contributed by atoms with Gasteiger partial charge in [-0.25, -0.2) is 0 Å². The average Bonchev–Trinajstić information content (AvgIpc) is 2.53. The van der Waals surface area contributed by atoms with Gasteiger partial charge in [-0.2, -0.15) is 0 Å². The number of amides is 1. The van der Waals surface area contributed by atoms with Gasteiger partial charge in [0.15, 0.2) is 11.7 Å². The van der Waals surface area contributed by atoms with Crippen molar-refractivity contribution in [2.75, 3.05) is 11.9 Å². The lowest BCUT2D eigenvalue weighted by atomic mass is 10.2. The molecule has 2 N–H and O–H groups in total. The zero-order valence-electron chi connectivity index (χ0n) is 12.9. The molecule has 0 bridgehead atoms. The van der Waals surface area contributed by atoms with Crippen LogP contribution < -0.4 is 15.4 Å². The summed E-state index contributed by atoms with van der Waals surface area (Å²) in [5.74, 6) is 0.261. The zero-order chi connectivity index (χ0) is 17.5. The molecule has 0 heterocycles. The summed E-state index contributed by atoms with van der Waals surface area (Å²) in [7, 11) is 0. The minimum absolute atomic E-state index is 0.137. The van der Waals surface area contributed by atoms with Crippen molar-refractivity contribution >= 4 is 56.5 Å². The third kappa shape index (κ3) is 5.78. The van der Waals surface area contributed by atoms with Gasteiger partial charge < -0.3 is 10.1 Å². The van der Waals surface area contributed by atoms with Crippen LogP contribution in [0.25, 0.3) is 0 Å². The summed E-state index contributed by atoms with van der Waals surface area (Å²) in [6.07, 6.45) is 0.933. The molecule has 0 saturated heterocycles. The molecule has 7 heteroatoms. The number of ether oxygens (including phenoxy) is 1. The number of benzene rings is 2. The summed E-state index contributed by atoms with van der Waals surface area (Å²) >= 11 is 14.4. The van der Waals surface area contributed by atoms with E-state index in [0.717, 1.165) is 10.9 Å². The molecule has 0 aliphatic carbocycles. The predicted molar refractivity (Wildman–Crippen MR) is 105 cm³/mol. The van der Waals surface area contributed by atoms with Gasteiger partial charge in [0.25, 0.3) is 5.91 Å². The van der Waals surface area contributed by atoms with Crippen LogP contribution in [-0.4, -0.2) is 17.6 Å². The maximum absolute atomic E-state index is 11.9. The highest BCUT2D eigenvalue weighted by atomic mass is 79.9. The van der Waals surface area contributed by atoms with E-state index in [4.69, 9.17) is 28.6 Å². The van der Waals surface area contributed by atoms with E-state index in [1.807, 2.05) is 18.2 Å². The Morgan fingerprint density at radius 3 is 2.75 bits per heavy atom. The normalized spacial score (nSPS) is 10.1. The number of anilines is 1. The maximum Gasteiger partial charge on any atom is 0.264 e. The van der Waals surface area contributed by atoms with Crippen molar-refractivity contribution in [2.24, 2.45) is 0 Å². The van der Waals surface area contributed by atoms with Gasteiger partial charge in [0, 0.05) is 10.7 Å². The van der Waals surface area contributed by atoms with Gasteiger partial charge in [-0.05, 0) is 70.5 Å². The lowest BCUT2D eigenvalue weighted by Crippen LogP contribution is -2.37. The number of halogens is 2. The standard InChI is InChI=1S/C17H16BrClN2O2S/c1-2-11-6-7-15(14(18)8-11)23-10-16(22)21-17(24)20-13-5-3-4-12(19)9-13/h3-9H,2,10H2,1H3,(H2,20,21,22,24). The second-order valence-electron chi connectivity index (χ2n) is 4.92. The van der Waals surface area contributed by atoms with E-state index in [1.165, 1.54) is 5.56 Å². The summed E-state index contributed by atoms with van der Waals surface area (Å²) in [5, 5.41) is 6.21. The summed E-state index contributed by atoms with van der Waals surface area (Å²) in [6, 6.07) is 12.8. The third-order valence-electron chi connectivity index (χ3n) is 3.10. The van der Waals surface area contributed by atoms with Crippen LogP contribution in [-0.2, 0) is 11.2 Å². The van der Waals surface area contributed by atoms with Crippen LogP contribution in [0.2, 0.25) is 5.02 Å². The molecular weight excluding hydrogens is 412 g/mol. The Balaban J connectivity index is 1.83. The SMILES string of the molecule is CCc1ccc(OCC(=O)NC(=S)Nc2cccc(Cl)c2)c(Br)c1. The summed E-state index contributed by atoms with van der Waals surface area (Å²) in [4.78, 5) is 11.9. The maximum atomic E-state index is 11.9. The molecule has 0 aliphatic heterocycles. The smallest absolute Gasteiger partial charge is 0.264 e. The van der Waals surface area contributed by atoms with E-state index in [9.17, 15) is 4.79 Å². The van der Waals surface area contributed by atoms with Crippen LogP contribution in [0.15, 0.2) is 46.9 Å². The number of thiocarbonyl (C=S) groups is 1. The van der Waals surface area contributed by atoms with Crippen molar-refractivity contribution in [1.29, 1.82) is 0 Å². The Morgan fingerprint density at radius 1 is 1.29 bits per heavy atom. The van der Waals surface area contributed by atoms with Gasteiger partial charge in [-0.15, -0.1) is 0 Å². The second-order valence-corrected chi connectivity index (χ2v) is 6.62. The highest BCUT2D eigenvalue weighted by Gasteiger charge is 2.08. The van der Waals surface area contributed by atoms with Gasteiger partial charge >= 0.3 is 0 Å². The summed E-state index contributed by atoms with van der Waals surface area (Å²) in [5.41, 5.74) is 1.89. The molecule has 0 fully saturated rings. The van der Waals surface area contributed by atoms with Crippen molar-refractivity contribution in [3.05, 3.63) is 57.5 Å². The van der Waals surface area contributed by atoms with Crippen molar-refractivity contribution < 1.29 is 9.53 Å². The van der Waals surface area contributed by atoms with Gasteiger partial charge in [-0.3, -0.25) is 10.1 Å². The fourth-order valence-electron chi connectivity index (χ4n) is 1.92. The minimum Gasteiger partial charge on any atom is -0.483 e. The Morgan fingerprint density at radius 2 is 2.08 bits per heavy atom. The van der Waals surface area contributed by atoms with Crippen molar-refractivity contribution in [1.82, 2.24) is 5.32 Å². The van der Waals surface area contributed by atoms with Crippen molar-refractivity contribution in [2.45, 2.75) is 13.3 Å². The number of hydrogen-bond acceptors (Lipinski definition) is 3. The zero-order valence-corrected chi connectivity index (χ0v) is 16.1. The summed E-state index contributed by atoms with van der Waals surface area (Å²) < 4.78 is 6.31. The van der Waals surface area contributed by atoms with E-state index < -0.39 is 0 Å². The van der Waals surface area contributed by atoms with Crippen LogP contribution >= 0.6 is 39.7 Å². The largest absolute Gasteiger partial charge is 0.483 e. The van der Waals surface area contributed by atoms with Gasteiger partial charge in [0.1, 0.15) is 5.75 Å². The molecule has 0 spiro atoms. The minimum atomic E-state index is -0.346. The van der Waals surface area contributed by atoms with Crippen molar-refractivity contribution in [3.8, 4) is 5.75 Å². The molecule has 2 rings (SSSR count). The number of aryl methyl sites for hydroxylation is 1. The van der Waals surface area contributed by atoms with E-state index in [0.29, 0.717) is 16.5 Å². The quantitative estimate of drug-likeness (QED) is 0.687. The molecule has 0 aromatic heterocycles. The van der Waals surface area contributed by atoms with Crippen LogP contribution in [0.4, 0.5) is 5.69 Å². The van der Waals surface area contributed by atoms with Crippen LogP contribution in [0, 0.1) is 0 Å². The van der Waals surface area contributed by atoms with Crippen LogP contribution in [0.1, 0.15) is 12.5 Å². The molecule has 2 aromatic carbocycles. The number of carbonyl (C=O) groups is 1.